The standard InChI is InChI=1S/C19H19Cl2NO3/c20-16-8-5-14(10-17(16)21)12-25-15-6-3-13(4-7-15)11-22-9-1-2-18(22)19(23)24/h3-8,10,18H,1-2,9,11-12H2,(H,23,24)/t18-/m1/s1. The Morgan fingerprint density at radius 2 is 1.84 bits per heavy atom. The Morgan fingerprint density at radius 1 is 1.12 bits per heavy atom. The van der Waals surface area contributed by atoms with Crippen LogP contribution in [0.25, 0.3) is 0 Å². The molecule has 1 heterocycles. The van der Waals surface area contributed by atoms with Crippen molar-refractivity contribution in [1.29, 1.82) is 0 Å². The number of carboxylic acid groups (broad SMARTS) is 1. The van der Waals surface area contributed by atoms with Gasteiger partial charge in [-0.2, -0.15) is 0 Å². The molecule has 1 saturated heterocycles. The number of rotatable bonds is 6. The Kier molecular flexibility index (Phi) is 5.84. The second kappa shape index (κ2) is 8.09. The zero-order chi connectivity index (χ0) is 17.8. The van der Waals surface area contributed by atoms with E-state index in [1.54, 1.807) is 12.1 Å². The highest BCUT2D eigenvalue weighted by molar-refractivity contribution is 6.42. The second-order valence-electron chi connectivity index (χ2n) is 6.15. The van der Waals surface area contributed by atoms with Crippen molar-refractivity contribution in [3.05, 3.63) is 63.6 Å². The van der Waals surface area contributed by atoms with Crippen molar-refractivity contribution in [1.82, 2.24) is 4.90 Å². The minimum absolute atomic E-state index is 0.370. The first-order chi connectivity index (χ1) is 12.0. The first-order valence-electron chi connectivity index (χ1n) is 8.15. The van der Waals surface area contributed by atoms with Gasteiger partial charge in [-0.1, -0.05) is 41.4 Å². The maximum absolute atomic E-state index is 11.2. The lowest BCUT2D eigenvalue weighted by Crippen LogP contribution is -2.35. The monoisotopic (exact) mass is 379 g/mol. The van der Waals surface area contributed by atoms with Gasteiger partial charge >= 0.3 is 5.97 Å². The summed E-state index contributed by atoms with van der Waals surface area (Å²) in [6, 6.07) is 12.8. The van der Waals surface area contributed by atoms with Gasteiger partial charge in [-0.15, -0.1) is 0 Å². The number of nitrogens with zero attached hydrogens (tertiary/aromatic N) is 1. The maximum Gasteiger partial charge on any atom is 0.320 e. The molecule has 4 nitrogen and oxygen atoms in total. The topological polar surface area (TPSA) is 49.8 Å². The van der Waals surface area contributed by atoms with Gasteiger partial charge in [0.1, 0.15) is 18.4 Å². The first kappa shape index (κ1) is 18.1. The number of carbonyl (C=O) groups is 1. The molecular formula is C19H19Cl2NO3. The molecule has 0 bridgehead atoms. The highest BCUT2D eigenvalue weighted by Gasteiger charge is 2.30. The molecule has 0 unspecified atom stereocenters. The fourth-order valence-electron chi connectivity index (χ4n) is 3.02. The van der Waals surface area contributed by atoms with Gasteiger partial charge < -0.3 is 9.84 Å². The molecule has 0 spiro atoms. The van der Waals surface area contributed by atoms with Crippen LogP contribution >= 0.6 is 23.2 Å². The minimum atomic E-state index is -0.737. The third-order valence-corrected chi connectivity index (χ3v) is 5.09. The van der Waals surface area contributed by atoms with Crippen LogP contribution in [0.5, 0.6) is 5.75 Å². The Morgan fingerprint density at radius 3 is 2.52 bits per heavy atom. The summed E-state index contributed by atoms with van der Waals surface area (Å²) >= 11 is 11.9. The highest BCUT2D eigenvalue weighted by atomic mass is 35.5. The van der Waals surface area contributed by atoms with Crippen molar-refractivity contribution in [3.63, 3.8) is 0 Å². The lowest BCUT2D eigenvalue weighted by atomic mass is 10.1. The number of halogens is 2. The average molecular weight is 380 g/mol. The van der Waals surface area contributed by atoms with Crippen molar-refractivity contribution in [2.24, 2.45) is 0 Å². The minimum Gasteiger partial charge on any atom is -0.489 e. The molecule has 1 N–H and O–H groups in total. The summed E-state index contributed by atoms with van der Waals surface area (Å²) in [6.07, 6.45) is 1.65. The van der Waals surface area contributed by atoms with Gasteiger partial charge in [0.05, 0.1) is 10.0 Å². The van der Waals surface area contributed by atoms with Crippen LogP contribution in [0.1, 0.15) is 24.0 Å². The van der Waals surface area contributed by atoms with Gasteiger partial charge in [0, 0.05) is 6.54 Å². The highest BCUT2D eigenvalue weighted by Crippen LogP contribution is 2.24. The van der Waals surface area contributed by atoms with Crippen LogP contribution in [0.15, 0.2) is 42.5 Å². The van der Waals surface area contributed by atoms with Gasteiger partial charge in [0.2, 0.25) is 0 Å². The van der Waals surface area contributed by atoms with Crippen molar-refractivity contribution >= 4 is 29.2 Å². The summed E-state index contributed by atoms with van der Waals surface area (Å²) in [4.78, 5) is 13.2. The Labute approximate surface area is 156 Å². The number of hydrogen-bond donors (Lipinski definition) is 1. The molecule has 1 aliphatic rings. The molecule has 3 rings (SSSR count). The zero-order valence-corrected chi connectivity index (χ0v) is 15.1. The largest absolute Gasteiger partial charge is 0.489 e. The van der Waals surface area contributed by atoms with Crippen molar-refractivity contribution in [2.75, 3.05) is 6.54 Å². The Bertz CT molecular complexity index is 749. The normalized spacial score (nSPS) is 17.6. The molecule has 0 amide bonds. The average Bonchev–Trinajstić information content (AvgIpc) is 3.06. The van der Waals surface area contributed by atoms with E-state index in [4.69, 9.17) is 27.9 Å². The number of hydrogen-bond acceptors (Lipinski definition) is 3. The van der Waals surface area contributed by atoms with Gasteiger partial charge in [-0.25, -0.2) is 0 Å². The van der Waals surface area contributed by atoms with E-state index in [-0.39, 0.29) is 6.04 Å². The van der Waals surface area contributed by atoms with E-state index in [2.05, 4.69) is 0 Å². The molecule has 6 heteroatoms. The molecule has 1 aliphatic heterocycles. The van der Waals surface area contributed by atoms with Gasteiger partial charge in [0.25, 0.3) is 0 Å². The molecule has 2 aromatic rings. The van der Waals surface area contributed by atoms with Gasteiger partial charge in [-0.05, 0) is 54.8 Å². The Hall–Kier alpha value is -1.75. The lowest BCUT2D eigenvalue weighted by molar-refractivity contribution is -0.142. The van der Waals surface area contributed by atoms with Crippen molar-refractivity contribution < 1.29 is 14.6 Å². The molecule has 0 aliphatic carbocycles. The molecule has 2 aromatic carbocycles. The van der Waals surface area contributed by atoms with E-state index >= 15 is 0 Å². The van der Waals surface area contributed by atoms with E-state index in [1.807, 2.05) is 35.2 Å². The fraction of sp³-hybridized carbons (Fsp3) is 0.316. The molecule has 0 aromatic heterocycles. The second-order valence-corrected chi connectivity index (χ2v) is 6.96. The van der Waals surface area contributed by atoms with Gasteiger partial charge in [-0.3, -0.25) is 9.69 Å². The molecule has 1 fully saturated rings. The predicted molar refractivity (Wildman–Crippen MR) is 98.3 cm³/mol. The Balaban J connectivity index is 1.56. The molecule has 25 heavy (non-hydrogen) atoms. The van der Waals surface area contributed by atoms with Gasteiger partial charge in [0.15, 0.2) is 0 Å². The van der Waals surface area contributed by atoms with E-state index in [9.17, 15) is 9.90 Å². The number of ether oxygens (including phenoxy) is 1. The van der Waals surface area contributed by atoms with E-state index < -0.39 is 5.97 Å². The summed E-state index contributed by atoms with van der Waals surface area (Å²) < 4.78 is 5.76. The van der Waals surface area contributed by atoms with Crippen LogP contribution in [0, 0.1) is 0 Å². The molecule has 1 atom stereocenters. The molecular weight excluding hydrogens is 361 g/mol. The summed E-state index contributed by atoms with van der Waals surface area (Å²) in [5.41, 5.74) is 2.02. The third kappa shape index (κ3) is 4.66. The maximum atomic E-state index is 11.2. The summed E-state index contributed by atoms with van der Waals surface area (Å²) in [5, 5.41) is 10.3. The number of carboxylic acids is 1. The quantitative estimate of drug-likeness (QED) is 0.795. The van der Waals surface area contributed by atoms with Crippen LogP contribution in [0.4, 0.5) is 0 Å². The van der Waals surface area contributed by atoms with Crippen LogP contribution in [-0.2, 0) is 17.9 Å². The van der Waals surface area contributed by atoms with Crippen molar-refractivity contribution in [2.45, 2.75) is 32.0 Å². The smallest absolute Gasteiger partial charge is 0.320 e. The molecule has 132 valence electrons. The zero-order valence-electron chi connectivity index (χ0n) is 13.6. The third-order valence-electron chi connectivity index (χ3n) is 4.35. The summed E-state index contributed by atoms with van der Waals surface area (Å²) in [7, 11) is 0. The summed E-state index contributed by atoms with van der Waals surface area (Å²) in [5.74, 6) is 0.0186. The first-order valence-corrected chi connectivity index (χ1v) is 8.91. The molecule has 0 saturated carbocycles. The summed E-state index contributed by atoms with van der Waals surface area (Å²) in [6.45, 7) is 1.88. The fourth-order valence-corrected chi connectivity index (χ4v) is 3.34. The van der Waals surface area contributed by atoms with Crippen LogP contribution in [-0.4, -0.2) is 28.6 Å². The number of benzene rings is 2. The van der Waals surface area contributed by atoms with E-state index in [1.165, 1.54) is 0 Å². The lowest BCUT2D eigenvalue weighted by Gasteiger charge is -2.21. The van der Waals surface area contributed by atoms with Crippen molar-refractivity contribution in [3.8, 4) is 5.75 Å². The van der Waals surface area contributed by atoms with Crippen LogP contribution < -0.4 is 4.74 Å². The predicted octanol–water partition coefficient (Wildman–Crippen LogP) is 4.62. The number of likely N-dealkylation sites (tertiary alicyclic amines) is 1. The molecule has 0 radical (unpaired) electrons. The van der Waals surface area contributed by atoms with E-state index in [0.717, 1.165) is 36.3 Å². The van der Waals surface area contributed by atoms with Crippen LogP contribution in [0.3, 0.4) is 0 Å². The SMILES string of the molecule is O=C(O)[C@H]1CCCN1Cc1ccc(OCc2ccc(Cl)c(Cl)c2)cc1. The van der Waals surface area contributed by atoms with E-state index in [0.29, 0.717) is 23.2 Å². The number of aliphatic carboxylic acids is 1. The van der Waals surface area contributed by atoms with Crippen LogP contribution in [0.2, 0.25) is 10.0 Å².